The van der Waals surface area contributed by atoms with Gasteiger partial charge in [-0.2, -0.15) is 0 Å². The predicted molar refractivity (Wildman–Crippen MR) is 114 cm³/mol. The summed E-state index contributed by atoms with van der Waals surface area (Å²) in [5, 5.41) is 1.82. The lowest BCUT2D eigenvalue weighted by Gasteiger charge is -2.28. The van der Waals surface area contributed by atoms with Gasteiger partial charge in [0.25, 0.3) is 5.91 Å². The molecule has 8 heteroatoms. The monoisotopic (exact) mass is 425 g/mol. The van der Waals surface area contributed by atoms with Crippen molar-refractivity contribution in [1.29, 1.82) is 0 Å². The van der Waals surface area contributed by atoms with E-state index in [-0.39, 0.29) is 23.9 Å². The van der Waals surface area contributed by atoms with Crippen LogP contribution in [0.15, 0.2) is 41.9 Å². The number of pyridine rings is 1. The van der Waals surface area contributed by atoms with E-state index in [1.807, 2.05) is 17.5 Å². The van der Waals surface area contributed by atoms with Crippen LogP contribution < -0.4 is 0 Å². The van der Waals surface area contributed by atoms with E-state index in [9.17, 15) is 14.4 Å². The van der Waals surface area contributed by atoms with Crippen molar-refractivity contribution in [2.45, 2.75) is 33.4 Å². The number of rotatable bonds is 7. The first-order valence-corrected chi connectivity index (χ1v) is 10.3. The van der Waals surface area contributed by atoms with Gasteiger partial charge in [0.1, 0.15) is 5.69 Å². The highest BCUT2D eigenvalue weighted by atomic mass is 32.1. The minimum atomic E-state index is -0.764. The van der Waals surface area contributed by atoms with Crippen LogP contribution in [0.1, 0.15) is 54.4 Å². The number of Topliss-reactive ketones (excluding diaryl/α,β-unsaturated/α-hetero) is 1. The Morgan fingerprint density at radius 3 is 2.57 bits per heavy atom. The van der Waals surface area contributed by atoms with Crippen molar-refractivity contribution in [3.8, 4) is 0 Å². The van der Waals surface area contributed by atoms with Crippen molar-refractivity contribution in [1.82, 2.24) is 14.9 Å². The summed E-state index contributed by atoms with van der Waals surface area (Å²) in [5.41, 5.74) is 2.39. The van der Waals surface area contributed by atoms with Crippen molar-refractivity contribution in [2.24, 2.45) is 0 Å². The van der Waals surface area contributed by atoms with Crippen molar-refractivity contribution < 1.29 is 19.1 Å². The van der Waals surface area contributed by atoms with Gasteiger partial charge in [-0.25, -0.2) is 4.79 Å². The quantitative estimate of drug-likeness (QED) is 0.459. The van der Waals surface area contributed by atoms with Gasteiger partial charge in [0, 0.05) is 17.5 Å². The highest BCUT2D eigenvalue weighted by Gasteiger charge is 2.32. The maximum atomic E-state index is 13.4. The number of carbonyl (C=O) groups excluding carboxylic acids is 3. The molecule has 0 aliphatic rings. The standard InChI is InChI=1S/C22H23N3O4S/c1-13-18(14(2)24-19(13)22(28)29-4)20(26)15(3)25(12-16-8-5-6-10-23-16)21(27)17-9-7-11-30-17/h5-11,15,24H,12H2,1-4H3. The number of carbonyl (C=O) groups is 3. The van der Waals surface area contributed by atoms with Crippen LogP contribution in [0, 0.1) is 13.8 Å². The highest BCUT2D eigenvalue weighted by molar-refractivity contribution is 7.12. The summed E-state index contributed by atoms with van der Waals surface area (Å²) in [6.45, 7) is 5.31. The number of nitrogens with one attached hydrogen (secondary N) is 1. The predicted octanol–water partition coefficient (Wildman–Crippen LogP) is 3.79. The van der Waals surface area contributed by atoms with Crippen LogP contribution in [-0.4, -0.2) is 45.7 Å². The molecule has 0 aliphatic heterocycles. The third-order valence-electron chi connectivity index (χ3n) is 4.97. The Hall–Kier alpha value is -3.26. The number of methoxy groups -OCH3 is 1. The molecule has 3 aromatic heterocycles. The number of aromatic nitrogens is 2. The van der Waals surface area contributed by atoms with E-state index in [1.165, 1.54) is 23.3 Å². The smallest absolute Gasteiger partial charge is 0.354 e. The molecule has 1 N–H and O–H groups in total. The first-order valence-electron chi connectivity index (χ1n) is 9.41. The zero-order valence-corrected chi connectivity index (χ0v) is 18.1. The average Bonchev–Trinajstić information content (AvgIpc) is 3.39. The number of ether oxygens (including phenoxy) is 1. The number of aromatic amines is 1. The lowest BCUT2D eigenvalue weighted by atomic mass is 9.99. The second-order valence-electron chi connectivity index (χ2n) is 6.89. The van der Waals surface area contributed by atoms with E-state index >= 15 is 0 Å². The first kappa shape index (κ1) is 21.4. The molecule has 1 atom stereocenters. The fourth-order valence-electron chi connectivity index (χ4n) is 3.37. The number of esters is 1. The van der Waals surface area contributed by atoms with Gasteiger partial charge in [-0.3, -0.25) is 14.6 Å². The first-order chi connectivity index (χ1) is 14.3. The lowest BCUT2D eigenvalue weighted by Crippen LogP contribution is -2.43. The maximum absolute atomic E-state index is 13.4. The van der Waals surface area contributed by atoms with Crippen molar-refractivity contribution in [3.05, 3.63) is 75.0 Å². The van der Waals surface area contributed by atoms with Gasteiger partial charge < -0.3 is 14.6 Å². The summed E-state index contributed by atoms with van der Waals surface area (Å²) in [4.78, 5) is 47.9. The molecular formula is C22H23N3O4S. The molecule has 0 aromatic carbocycles. The Kier molecular flexibility index (Phi) is 6.47. The van der Waals surface area contributed by atoms with Gasteiger partial charge in [0.05, 0.1) is 30.3 Å². The summed E-state index contributed by atoms with van der Waals surface area (Å²) in [5.74, 6) is -1.03. The average molecular weight is 426 g/mol. The van der Waals surface area contributed by atoms with Crippen LogP contribution in [0.5, 0.6) is 0 Å². The van der Waals surface area contributed by atoms with Crippen molar-refractivity contribution >= 4 is 29.0 Å². The van der Waals surface area contributed by atoms with Crippen molar-refractivity contribution in [2.75, 3.05) is 7.11 Å². The molecule has 156 valence electrons. The highest BCUT2D eigenvalue weighted by Crippen LogP contribution is 2.24. The van der Waals surface area contributed by atoms with Crippen LogP contribution in [0.25, 0.3) is 0 Å². The second kappa shape index (κ2) is 9.04. The van der Waals surface area contributed by atoms with Crippen molar-refractivity contribution in [3.63, 3.8) is 0 Å². The summed E-state index contributed by atoms with van der Waals surface area (Å²) in [7, 11) is 1.29. The molecular weight excluding hydrogens is 402 g/mol. The molecule has 30 heavy (non-hydrogen) atoms. The van der Waals surface area contributed by atoms with Gasteiger partial charge in [-0.15, -0.1) is 11.3 Å². The zero-order valence-electron chi connectivity index (χ0n) is 17.3. The van der Waals surface area contributed by atoms with E-state index < -0.39 is 12.0 Å². The number of H-pyrrole nitrogens is 1. The number of amides is 1. The molecule has 3 aromatic rings. The molecule has 1 unspecified atom stereocenters. The molecule has 0 spiro atoms. The largest absolute Gasteiger partial charge is 0.464 e. The van der Waals surface area contributed by atoms with Crippen LogP contribution in [0.4, 0.5) is 0 Å². The summed E-state index contributed by atoms with van der Waals surface area (Å²) in [6, 6.07) is 8.22. The molecule has 3 rings (SSSR count). The summed E-state index contributed by atoms with van der Waals surface area (Å²) in [6.07, 6.45) is 1.65. The van der Waals surface area contributed by atoms with Crippen LogP contribution >= 0.6 is 11.3 Å². The van der Waals surface area contributed by atoms with E-state index in [2.05, 4.69) is 9.97 Å². The van der Waals surface area contributed by atoms with E-state index in [0.717, 1.165) is 0 Å². The Balaban J connectivity index is 1.97. The number of hydrogen-bond donors (Lipinski definition) is 1. The molecule has 1 amide bonds. The number of hydrogen-bond acceptors (Lipinski definition) is 6. The number of thiophene rings is 1. The van der Waals surface area contributed by atoms with E-state index in [0.29, 0.717) is 27.4 Å². The minimum absolute atomic E-state index is 0.191. The lowest BCUT2D eigenvalue weighted by molar-refractivity contribution is 0.0592. The Bertz CT molecular complexity index is 1060. The van der Waals surface area contributed by atoms with E-state index in [4.69, 9.17) is 4.74 Å². The number of ketones is 1. The van der Waals surface area contributed by atoms with Gasteiger partial charge in [0.15, 0.2) is 5.78 Å². The number of aryl methyl sites for hydroxylation is 1. The Labute approximate surface area is 178 Å². The van der Waals surface area contributed by atoms with Crippen LogP contribution in [-0.2, 0) is 11.3 Å². The molecule has 0 bridgehead atoms. The second-order valence-corrected chi connectivity index (χ2v) is 7.84. The normalized spacial score (nSPS) is 11.7. The van der Waals surface area contributed by atoms with Gasteiger partial charge in [0.2, 0.25) is 0 Å². The molecule has 0 aliphatic carbocycles. The fraction of sp³-hybridized carbons (Fsp3) is 0.273. The van der Waals surface area contributed by atoms with Gasteiger partial charge >= 0.3 is 5.97 Å². The SMILES string of the molecule is COC(=O)c1[nH]c(C)c(C(=O)C(C)N(Cc2ccccn2)C(=O)c2cccs2)c1C. The number of nitrogens with zero attached hydrogens (tertiary/aromatic N) is 2. The summed E-state index contributed by atoms with van der Waals surface area (Å²) < 4.78 is 4.79. The topological polar surface area (TPSA) is 92.4 Å². The van der Waals surface area contributed by atoms with Gasteiger partial charge in [-0.1, -0.05) is 12.1 Å². The van der Waals surface area contributed by atoms with E-state index in [1.54, 1.807) is 45.2 Å². The molecule has 0 saturated heterocycles. The third kappa shape index (κ3) is 4.18. The third-order valence-corrected chi connectivity index (χ3v) is 5.83. The Morgan fingerprint density at radius 2 is 1.97 bits per heavy atom. The maximum Gasteiger partial charge on any atom is 0.354 e. The molecule has 7 nitrogen and oxygen atoms in total. The van der Waals surface area contributed by atoms with Crippen LogP contribution in [0.2, 0.25) is 0 Å². The molecule has 0 fully saturated rings. The fourth-order valence-corrected chi connectivity index (χ4v) is 4.05. The molecule has 0 radical (unpaired) electrons. The zero-order chi connectivity index (χ0) is 21.8. The van der Waals surface area contributed by atoms with Crippen LogP contribution in [0.3, 0.4) is 0 Å². The molecule has 3 heterocycles. The summed E-state index contributed by atoms with van der Waals surface area (Å²) >= 11 is 1.32. The van der Waals surface area contributed by atoms with Gasteiger partial charge in [-0.05, 0) is 49.9 Å². The minimum Gasteiger partial charge on any atom is -0.464 e. The Morgan fingerprint density at radius 1 is 1.20 bits per heavy atom. The molecule has 0 saturated carbocycles.